The minimum Gasteiger partial charge on any atom is -0.397 e. The maximum atomic E-state index is 5.78. The third-order valence-corrected chi connectivity index (χ3v) is 4.74. The average molecular weight is 382 g/mol. The van der Waals surface area contributed by atoms with Crippen LogP contribution in [0.2, 0.25) is 0 Å². The van der Waals surface area contributed by atoms with Gasteiger partial charge in [-0.1, -0.05) is 10.3 Å². The van der Waals surface area contributed by atoms with Gasteiger partial charge in [-0.25, -0.2) is 0 Å². The molecule has 0 saturated heterocycles. The molecule has 4 N–H and O–H groups in total. The first-order valence-electron chi connectivity index (χ1n) is 7.89. The highest BCUT2D eigenvalue weighted by Crippen LogP contribution is 2.32. The molecule has 0 fully saturated rings. The quantitative estimate of drug-likeness (QED) is 0.384. The van der Waals surface area contributed by atoms with Gasteiger partial charge in [0.05, 0.1) is 21.1 Å². The van der Waals surface area contributed by atoms with Gasteiger partial charge in [0.2, 0.25) is 0 Å². The Morgan fingerprint density at radius 3 is 1.56 bits per heavy atom. The largest absolute Gasteiger partial charge is 0.397 e. The predicted octanol–water partition coefficient (Wildman–Crippen LogP) is 2.41. The molecule has 0 bridgehead atoms. The zero-order chi connectivity index (χ0) is 19.2. The smallest absolute Gasteiger partial charge is 0.171 e. The first-order chi connectivity index (χ1) is 13.1. The number of pyridine rings is 2. The molecule has 3 heterocycles. The van der Waals surface area contributed by atoms with Crippen LogP contribution in [0.5, 0.6) is 0 Å². The molecule has 0 atom stereocenters. The van der Waals surface area contributed by atoms with Crippen molar-refractivity contribution in [3.05, 3.63) is 59.9 Å². The van der Waals surface area contributed by atoms with Crippen molar-refractivity contribution in [3.63, 3.8) is 0 Å². The van der Waals surface area contributed by atoms with Crippen molar-refractivity contribution < 1.29 is 9.68 Å². The van der Waals surface area contributed by atoms with Crippen molar-refractivity contribution in [1.29, 1.82) is 0 Å². The highest BCUT2D eigenvalue weighted by atomic mass is 32.1. The van der Waals surface area contributed by atoms with E-state index in [1.807, 2.05) is 36.4 Å². The first-order valence-corrected chi connectivity index (χ1v) is 8.70. The highest BCUT2D eigenvalue weighted by Gasteiger charge is 2.09. The van der Waals surface area contributed by atoms with Gasteiger partial charge >= 0.3 is 0 Å². The van der Waals surface area contributed by atoms with E-state index in [4.69, 9.17) is 11.5 Å². The summed E-state index contributed by atoms with van der Waals surface area (Å²) in [6.07, 6.45) is 3.33. The van der Waals surface area contributed by atoms with E-state index in [-0.39, 0.29) is 11.7 Å². The summed E-state index contributed by atoms with van der Waals surface area (Å²) in [5.74, 6) is 0.563. The standard InChI is InChI=1S/C18H18N6O2S/c1-25-23-17(19)11-3-5-13(21-9-11)15-7-8-16(27-15)14-6-4-12(10-22-14)18(20)24-26-2/h3-10H,1-2H3,(H2,19,23)(H2,20,24). The van der Waals surface area contributed by atoms with E-state index in [2.05, 4.69) is 30.0 Å². The Morgan fingerprint density at radius 2 is 1.22 bits per heavy atom. The lowest BCUT2D eigenvalue weighted by Gasteiger charge is -2.02. The predicted molar refractivity (Wildman–Crippen MR) is 106 cm³/mol. The zero-order valence-electron chi connectivity index (χ0n) is 14.8. The Morgan fingerprint density at radius 1 is 0.778 bits per heavy atom. The van der Waals surface area contributed by atoms with Crippen molar-refractivity contribution >= 4 is 23.0 Å². The maximum Gasteiger partial charge on any atom is 0.171 e. The monoisotopic (exact) mass is 382 g/mol. The Hall–Kier alpha value is -3.46. The number of hydrogen-bond donors (Lipinski definition) is 2. The molecule has 8 nitrogen and oxygen atoms in total. The van der Waals surface area contributed by atoms with Crippen LogP contribution >= 0.6 is 11.3 Å². The van der Waals surface area contributed by atoms with Gasteiger partial charge in [-0.3, -0.25) is 9.97 Å². The van der Waals surface area contributed by atoms with Gasteiger partial charge in [-0.2, -0.15) is 0 Å². The fourth-order valence-corrected chi connectivity index (χ4v) is 3.26. The minimum absolute atomic E-state index is 0.281. The number of rotatable bonds is 6. The second kappa shape index (κ2) is 8.28. The number of oxime groups is 2. The number of amidine groups is 2. The molecule has 138 valence electrons. The molecule has 0 aromatic carbocycles. The van der Waals surface area contributed by atoms with Crippen molar-refractivity contribution in [2.24, 2.45) is 21.8 Å². The summed E-state index contributed by atoms with van der Waals surface area (Å²) in [4.78, 5) is 20.3. The van der Waals surface area contributed by atoms with Crippen LogP contribution in [-0.2, 0) is 9.68 Å². The molecule has 0 amide bonds. The Balaban J connectivity index is 1.80. The van der Waals surface area contributed by atoms with E-state index in [1.165, 1.54) is 14.2 Å². The molecule has 0 radical (unpaired) electrons. The first kappa shape index (κ1) is 18.3. The molecule has 0 unspecified atom stereocenters. The number of hydrogen-bond acceptors (Lipinski definition) is 7. The van der Waals surface area contributed by atoms with Crippen LogP contribution in [0.3, 0.4) is 0 Å². The van der Waals surface area contributed by atoms with E-state index in [0.717, 1.165) is 21.1 Å². The SMILES string of the molecule is CO/N=C(\N)c1ccc(-c2ccc(-c3ccc(/C(N)=N/OC)cn3)s2)nc1. The molecular weight excluding hydrogens is 364 g/mol. The molecular formula is C18H18N6O2S. The Kier molecular flexibility index (Phi) is 5.62. The minimum atomic E-state index is 0.281. The normalized spacial score (nSPS) is 12.1. The maximum absolute atomic E-state index is 5.78. The van der Waals surface area contributed by atoms with Gasteiger partial charge in [-0.05, 0) is 36.4 Å². The molecule has 27 heavy (non-hydrogen) atoms. The second-order valence-electron chi connectivity index (χ2n) is 5.35. The highest BCUT2D eigenvalue weighted by molar-refractivity contribution is 7.18. The van der Waals surface area contributed by atoms with Crippen molar-refractivity contribution in [2.45, 2.75) is 0 Å². The fraction of sp³-hybridized carbons (Fsp3) is 0.111. The summed E-state index contributed by atoms with van der Waals surface area (Å²) >= 11 is 1.59. The van der Waals surface area contributed by atoms with Gasteiger partial charge in [0, 0.05) is 23.5 Å². The number of nitrogens with zero attached hydrogens (tertiary/aromatic N) is 4. The molecule has 3 aromatic heterocycles. The molecule has 0 aliphatic rings. The van der Waals surface area contributed by atoms with Gasteiger partial charge in [0.15, 0.2) is 11.7 Å². The van der Waals surface area contributed by atoms with E-state index >= 15 is 0 Å². The van der Waals surface area contributed by atoms with Crippen LogP contribution < -0.4 is 11.5 Å². The molecule has 3 aromatic rings. The van der Waals surface area contributed by atoms with Crippen LogP contribution in [0.15, 0.2) is 59.1 Å². The van der Waals surface area contributed by atoms with Crippen LogP contribution in [0.25, 0.3) is 21.1 Å². The van der Waals surface area contributed by atoms with Crippen LogP contribution in [0.1, 0.15) is 11.1 Å². The van der Waals surface area contributed by atoms with Crippen LogP contribution in [-0.4, -0.2) is 35.9 Å². The Bertz CT molecular complexity index is 886. The summed E-state index contributed by atoms with van der Waals surface area (Å²) in [5.41, 5.74) is 14.6. The van der Waals surface area contributed by atoms with E-state index in [1.54, 1.807) is 23.7 Å². The lowest BCUT2D eigenvalue weighted by molar-refractivity contribution is 0.213. The van der Waals surface area contributed by atoms with E-state index < -0.39 is 0 Å². The second-order valence-corrected chi connectivity index (χ2v) is 6.43. The number of nitrogens with two attached hydrogens (primary N) is 2. The lowest BCUT2D eigenvalue weighted by atomic mass is 10.2. The van der Waals surface area contributed by atoms with E-state index in [9.17, 15) is 0 Å². The summed E-state index contributed by atoms with van der Waals surface area (Å²) in [5, 5.41) is 7.39. The summed E-state index contributed by atoms with van der Waals surface area (Å²) in [6.45, 7) is 0. The zero-order valence-corrected chi connectivity index (χ0v) is 15.6. The molecule has 0 aliphatic carbocycles. The number of thiophene rings is 1. The molecule has 0 saturated carbocycles. The summed E-state index contributed by atoms with van der Waals surface area (Å²) in [6, 6.07) is 11.5. The van der Waals surface area contributed by atoms with Gasteiger partial charge in [0.25, 0.3) is 0 Å². The van der Waals surface area contributed by atoms with Gasteiger partial charge in [-0.15, -0.1) is 11.3 Å². The summed E-state index contributed by atoms with van der Waals surface area (Å²) < 4.78 is 0. The third kappa shape index (κ3) is 4.21. The summed E-state index contributed by atoms with van der Waals surface area (Å²) in [7, 11) is 2.89. The third-order valence-electron chi connectivity index (χ3n) is 3.61. The van der Waals surface area contributed by atoms with Gasteiger partial charge in [0.1, 0.15) is 14.2 Å². The van der Waals surface area contributed by atoms with Crippen LogP contribution in [0, 0.1) is 0 Å². The van der Waals surface area contributed by atoms with Crippen molar-refractivity contribution in [1.82, 2.24) is 9.97 Å². The van der Waals surface area contributed by atoms with Crippen molar-refractivity contribution in [3.8, 4) is 21.1 Å². The fourth-order valence-electron chi connectivity index (χ4n) is 2.30. The Labute approximate surface area is 160 Å². The molecule has 0 spiro atoms. The van der Waals surface area contributed by atoms with E-state index in [0.29, 0.717) is 11.1 Å². The molecule has 9 heteroatoms. The van der Waals surface area contributed by atoms with Crippen molar-refractivity contribution in [2.75, 3.05) is 14.2 Å². The lowest BCUT2D eigenvalue weighted by Crippen LogP contribution is -2.13. The topological polar surface area (TPSA) is 121 Å². The number of aromatic nitrogens is 2. The molecule has 0 aliphatic heterocycles. The van der Waals surface area contributed by atoms with Crippen LogP contribution in [0.4, 0.5) is 0 Å². The molecule has 3 rings (SSSR count). The van der Waals surface area contributed by atoms with Gasteiger partial charge < -0.3 is 21.1 Å². The average Bonchev–Trinajstić information content (AvgIpc) is 3.19.